The van der Waals surface area contributed by atoms with Gasteiger partial charge in [0.15, 0.2) is 0 Å². The number of aryl methyl sites for hydroxylation is 2. The quantitative estimate of drug-likeness (QED) is 0.153. The fourth-order valence-corrected chi connectivity index (χ4v) is 10.9. The average Bonchev–Trinajstić information content (AvgIpc) is 2.22. The Morgan fingerprint density at radius 3 is 1.19 bits per heavy atom. The Kier molecular flexibility index (Phi) is 17.9. The smallest absolute Gasteiger partial charge is 0.502 e. The molecule has 0 aliphatic carbocycles. The van der Waals surface area contributed by atoms with E-state index in [1.165, 1.54) is 10.8 Å². The summed E-state index contributed by atoms with van der Waals surface area (Å²) in [6, 6.07) is 78.7. The van der Waals surface area contributed by atoms with Crippen LogP contribution >= 0.6 is 0 Å². The number of fused-ring (bicyclic) bond motifs is 8. The first kappa shape index (κ1) is 59.7. The van der Waals surface area contributed by atoms with Crippen molar-refractivity contribution >= 4 is 78.3 Å². The first-order chi connectivity index (χ1) is 42.2. The van der Waals surface area contributed by atoms with E-state index in [-0.39, 0.29) is 53.9 Å². The number of aromatic nitrogens is 8. The molecule has 2 N–H and O–H groups in total. The van der Waals surface area contributed by atoms with Crippen molar-refractivity contribution in [3.8, 4) is 45.4 Å². The molecular weight excluding hydrogens is 1460 g/mol. The Labute approximate surface area is 538 Å². The van der Waals surface area contributed by atoms with Crippen LogP contribution in [-0.4, -0.2) is 63.3 Å². The molecule has 14 aromatic rings. The molecule has 16 heteroatoms. The second-order valence-electron chi connectivity index (χ2n) is 20.6. The molecule has 0 saturated heterocycles. The summed E-state index contributed by atoms with van der Waals surface area (Å²) >= 11 is 0. The maximum absolute atomic E-state index is 9.63. The number of hydrogen-bond acceptors (Lipinski definition) is 12. The molecular formula is C72H56N12O2Pt2. The minimum Gasteiger partial charge on any atom is -0.502 e. The number of benzene rings is 6. The van der Waals surface area contributed by atoms with Gasteiger partial charge in [-0.3, -0.25) is 9.13 Å². The number of rotatable bonds is 6. The Balaban J connectivity index is 0.000000127. The van der Waals surface area contributed by atoms with E-state index in [9.17, 15) is 10.2 Å². The van der Waals surface area contributed by atoms with Gasteiger partial charge in [0.2, 0.25) is 11.8 Å². The van der Waals surface area contributed by atoms with E-state index in [4.69, 9.17) is 9.97 Å². The molecule has 2 aliphatic heterocycles. The number of para-hydroxylation sites is 4. The number of hydrogen-bond donors (Lipinski definition) is 2. The molecule has 0 amide bonds. The first-order valence-electron chi connectivity index (χ1n) is 28.0. The third-order valence-electron chi connectivity index (χ3n) is 14.9. The van der Waals surface area contributed by atoms with Crippen LogP contribution < -0.4 is 19.6 Å². The standard InChI is InChI=1S/2C24H17N5.2C12H11NO.2Pt/c2*1-27-16-28(17-8-3-2-4-9-17)24-22(27)14-18(15-26-24)29-21-12-6-5-10-19(21)20-11-7-13-25-23(20)29;2*1-9-7-8-11(12(14)13-9)10-5-3-2-4-6-10;;/h2*2-8,10-16H,1H3;2*2-8H,1H3,(H,13,14);;/q2*-2;;;2*+2. The van der Waals surface area contributed by atoms with Gasteiger partial charge in [-0.25, -0.2) is 29.9 Å². The predicted octanol–water partition coefficient (Wildman–Crippen LogP) is 15.7. The van der Waals surface area contributed by atoms with Crippen LogP contribution in [0.15, 0.2) is 243 Å². The monoisotopic (exact) mass is 1510 g/mol. The fourth-order valence-electron chi connectivity index (χ4n) is 10.9. The Bertz CT molecular complexity index is 4320. The SMILES string of the molecule is CN1[CH-]N(c2[c-]cccc2)c2ncc(-n3c4ccccc4c4cccnc43)cc21.CN1[CH-]N(c2[c-]cccc2)c2ncc(-n3c4ccccc4c4cccnc43)cc21.Cc1ccc(-c2ccccc2)c(O)n1.Cc1ccc(-c2ccccc2)c(O)n1.[Pt+2].[Pt+2]. The van der Waals surface area contributed by atoms with Crippen LogP contribution in [0.4, 0.5) is 34.4 Å². The van der Waals surface area contributed by atoms with E-state index in [0.29, 0.717) is 0 Å². The van der Waals surface area contributed by atoms with Gasteiger partial charge in [-0.05, 0) is 112 Å². The zero-order valence-corrected chi connectivity index (χ0v) is 52.7. The van der Waals surface area contributed by atoms with Gasteiger partial charge in [0, 0.05) is 56.5 Å². The van der Waals surface area contributed by atoms with Gasteiger partial charge < -0.3 is 29.8 Å². The van der Waals surface area contributed by atoms with Gasteiger partial charge >= 0.3 is 42.1 Å². The van der Waals surface area contributed by atoms with Crippen molar-refractivity contribution in [2.75, 3.05) is 33.7 Å². The van der Waals surface area contributed by atoms with Crippen molar-refractivity contribution in [2.24, 2.45) is 0 Å². The summed E-state index contributed by atoms with van der Waals surface area (Å²) in [4.78, 5) is 35.3. The fraction of sp³-hybridized carbons (Fsp3) is 0.0556. The van der Waals surface area contributed by atoms with Crippen LogP contribution in [0, 0.1) is 39.3 Å². The van der Waals surface area contributed by atoms with Crippen LogP contribution in [0.3, 0.4) is 0 Å². The summed E-state index contributed by atoms with van der Waals surface area (Å²) in [7, 11) is 4.08. The normalized spacial score (nSPS) is 12.0. The zero-order valence-electron chi connectivity index (χ0n) is 48.1. The molecule has 2 aliphatic rings. The minimum absolute atomic E-state index is 0. The van der Waals surface area contributed by atoms with Crippen molar-refractivity contribution < 1.29 is 52.3 Å². The molecule has 0 bridgehead atoms. The number of pyridine rings is 6. The summed E-state index contributed by atoms with van der Waals surface area (Å²) in [6.45, 7) is 7.79. The van der Waals surface area contributed by atoms with Gasteiger partial charge in [-0.15, -0.1) is 11.4 Å². The molecule has 16 rings (SSSR count). The third kappa shape index (κ3) is 11.8. The van der Waals surface area contributed by atoms with Gasteiger partial charge in [-0.1, -0.05) is 97.1 Å². The van der Waals surface area contributed by atoms with Crippen LogP contribution in [0.5, 0.6) is 11.8 Å². The Morgan fingerprint density at radius 1 is 0.409 bits per heavy atom. The summed E-state index contributed by atoms with van der Waals surface area (Å²) in [5.41, 5.74) is 15.3. The van der Waals surface area contributed by atoms with Crippen molar-refractivity contribution in [3.63, 3.8) is 0 Å². The third-order valence-corrected chi connectivity index (χ3v) is 14.9. The summed E-state index contributed by atoms with van der Waals surface area (Å²) in [5.74, 6) is 1.98. The molecule has 8 aromatic heterocycles. The van der Waals surface area contributed by atoms with Crippen LogP contribution in [0.1, 0.15) is 11.4 Å². The van der Waals surface area contributed by atoms with E-state index < -0.39 is 0 Å². The maximum atomic E-state index is 9.63. The summed E-state index contributed by atoms with van der Waals surface area (Å²) in [6.07, 6.45) is 7.52. The van der Waals surface area contributed by atoms with E-state index in [1.54, 1.807) is 0 Å². The van der Waals surface area contributed by atoms with Crippen LogP contribution in [0.25, 0.3) is 77.5 Å². The summed E-state index contributed by atoms with van der Waals surface area (Å²) < 4.78 is 4.37. The summed E-state index contributed by atoms with van der Waals surface area (Å²) in [5, 5.41) is 23.9. The molecule has 0 fully saturated rings. The average molecular weight is 1510 g/mol. The van der Waals surface area contributed by atoms with Crippen molar-refractivity contribution in [3.05, 3.63) is 280 Å². The van der Waals surface area contributed by atoms with Gasteiger partial charge in [0.1, 0.15) is 22.9 Å². The number of anilines is 6. The van der Waals surface area contributed by atoms with Crippen LogP contribution in [0.2, 0.25) is 0 Å². The molecule has 10 heterocycles. The number of nitrogens with zero attached hydrogens (tertiary/aromatic N) is 12. The number of aromatic hydroxyl groups is 2. The molecule has 0 radical (unpaired) electrons. The Hall–Kier alpha value is -10.0. The molecule has 88 heavy (non-hydrogen) atoms. The van der Waals surface area contributed by atoms with E-state index >= 15 is 0 Å². The van der Waals surface area contributed by atoms with Crippen LogP contribution in [-0.2, 0) is 42.1 Å². The second-order valence-corrected chi connectivity index (χ2v) is 20.6. The molecule has 14 nitrogen and oxygen atoms in total. The topological polar surface area (TPSA) is 141 Å². The van der Waals surface area contributed by atoms with Crippen molar-refractivity contribution in [1.82, 2.24) is 39.0 Å². The van der Waals surface area contributed by atoms with Crippen molar-refractivity contribution in [2.45, 2.75) is 13.8 Å². The van der Waals surface area contributed by atoms with Crippen molar-refractivity contribution in [1.29, 1.82) is 0 Å². The second kappa shape index (κ2) is 26.3. The molecule has 6 aromatic carbocycles. The first-order valence-corrected chi connectivity index (χ1v) is 28.0. The Morgan fingerprint density at radius 2 is 0.795 bits per heavy atom. The predicted molar refractivity (Wildman–Crippen MR) is 345 cm³/mol. The van der Waals surface area contributed by atoms with Gasteiger partial charge in [0.25, 0.3) is 0 Å². The molecule has 0 spiro atoms. The van der Waals surface area contributed by atoms with E-state index in [1.807, 2.05) is 212 Å². The van der Waals surface area contributed by atoms with E-state index in [2.05, 4.69) is 134 Å². The zero-order chi connectivity index (χ0) is 58.7. The molecule has 0 unspecified atom stereocenters. The van der Waals surface area contributed by atoms with Gasteiger partial charge in [0.05, 0.1) is 46.2 Å². The largest absolute Gasteiger partial charge is 2.00 e. The minimum atomic E-state index is 0. The maximum Gasteiger partial charge on any atom is 2.00 e. The van der Waals surface area contributed by atoms with Gasteiger partial charge in [-0.2, -0.15) is 74.0 Å². The molecule has 436 valence electrons. The molecule has 0 saturated carbocycles. The molecule has 0 atom stereocenters. The van der Waals surface area contributed by atoms with E-state index in [0.717, 1.165) is 113 Å².